The molecular formula is C7H9ClF3N3. The van der Waals surface area contributed by atoms with E-state index >= 15 is 0 Å². The lowest BCUT2D eigenvalue weighted by atomic mass is 10.3. The van der Waals surface area contributed by atoms with Crippen LogP contribution in [0.25, 0.3) is 0 Å². The summed E-state index contributed by atoms with van der Waals surface area (Å²) in [5, 5.41) is 7.20. The number of aryl methyl sites for hydroxylation is 1. The van der Waals surface area contributed by atoms with Gasteiger partial charge in [-0.25, -0.2) is 0 Å². The van der Waals surface area contributed by atoms with Gasteiger partial charge in [0.25, 0.3) is 0 Å². The van der Waals surface area contributed by atoms with Crippen molar-refractivity contribution in [3.05, 3.63) is 12.2 Å². The first kappa shape index (κ1) is 11.3. The van der Waals surface area contributed by atoms with E-state index in [2.05, 4.69) is 10.2 Å². The highest BCUT2D eigenvalue weighted by Gasteiger charge is 2.26. The van der Waals surface area contributed by atoms with Crippen LogP contribution < -0.4 is 0 Å². The van der Waals surface area contributed by atoms with Crippen LogP contribution in [0.4, 0.5) is 13.2 Å². The summed E-state index contributed by atoms with van der Waals surface area (Å²) in [6, 6.07) is 0. The Morgan fingerprint density at radius 3 is 2.71 bits per heavy atom. The molecule has 1 aromatic rings. The summed E-state index contributed by atoms with van der Waals surface area (Å²) in [6.45, 7) is 0.245. The zero-order valence-electron chi connectivity index (χ0n) is 7.26. The van der Waals surface area contributed by atoms with Gasteiger partial charge in [-0.2, -0.15) is 13.2 Å². The highest BCUT2D eigenvalue weighted by Crippen LogP contribution is 2.21. The summed E-state index contributed by atoms with van der Waals surface area (Å²) < 4.78 is 36.9. The lowest BCUT2D eigenvalue weighted by Crippen LogP contribution is -2.10. The van der Waals surface area contributed by atoms with Crippen LogP contribution >= 0.6 is 11.6 Å². The standard InChI is InChI=1S/C7H9ClF3N3/c8-4-6-13-12-5-14(6)3-1-2-7(9,10)11/h5H,1-4H2. The molecule has 0 unspecified atom stereocenters. The van der Waals surface area contributed by atoms with Crippen molar-refractivity contribution in [2.45, 2.75) is 31.4 Å². The fourth-order valence-electron chi connectivity index (χ4n) is 1.02. The Labute approximate surface area is 83.9 Å². The molecule has 14 heavy (non-hydrogen) atoms. The Morgan fingerprint density at radius 1 is 1.43 bits per heavy atom. The lowest BCUT2D eigenvalue weighted by Gasteiger charge is -2.07. The van der Waals surface area contributed by atoms with Crippen molar-refractivity contribution < 1.29 is 13.2 Å². The summed E-state index contributed by atoms with van der Waals surface area (Å²) >= 11 is 5.50. The van der Waals surface area contributed by atoms with Gasteiger partial charge in [0.2, 0.25) is 0 Å². The maximum Gasteiger partial charge on any atom is 0.389 e. The van der Waals surface area contributed by atoms with E-state index in [-0.39, 0.29) is 18.8 Å². The predicted molar refractivity (Wildman–Crippen MR) is 44.9 cm³/mol. The minimum Gasteiger partial charge on any atom is -0.317 e. The fourth-order valence-corrected chi connectivity index (χ4v) is 1.23. The molecule has 0 aliphatic carbocycles. The van der Waals surface area contributed by atoms with Crippen LogP contribution in [-0.2, 0) is 12.4 Å². The van der Waals surface area contributed by atoms with Crippen LogP contribution in [0.5, 0.6) is 0 Å². The van der Waals surface area contributed by atoms with Crippen LogP contribution in [-0.4, -0.2) is 20.9 Å². The molecule has 0 aromatic carbocycles. The van der Waals surface area contributed by atoms with Gasteiger partial charge in [-0.1, -0.05) is 0 Å². The van der Waals surface area contributed by atoms with Gasteiger partial charge in [0, 0.05) is 13.0 Å². The monoisotopic (exact) mass is 227 g/mol. The lowest BCUT2D eigenvalue weighted by molar-refractivity contribution is -0.135. The fraction of sp³-hybridized carbons (Fsp3) is 0.714. The quantitative estimate of drug-likeness (QED) is 0.740. The van der Waals surface area contributed by atoms with E-state index in [0.717, 1.165) is 0 Å². The van der Waals surface area contributed by atoms with E-state index in [0.29, 0.717) is 5.82 Å². The van der Waals surface area contributed by atoms with Gasteiger partial charge in [-0.15, -0.1) is 21.8 Å². The molecule has 80 valence electrons. The van der Waals surface area contributed by atoms with E-state index in [1.165, 1.54) is 10.9 Å². The SMILES string of the molecule is FC(F)(F)CCCn1cnnc1CCl. The molecule has 0 saturated heterocycles. The molecule has 0 bridgehead atoms. The molecule has 3 nitrogen and oxygen atoms in total. The number of aromatic nitrogens is 3. The van der Waals surface area contributed by atoms with Gasteiger partial charge in [-0.3, -0.25) is 0 Å². The summed E-state index contributed by atoms with van der Waals surface area (Å²) in [5.41, 5.74) is 0. The minimum atomic E-state index is -4.10. The number of hydrogen-bond donors (Lipinski definition) is 0. The molecule has 0 amide bonds. The van der Waals surface area contributed by atoms with E-state index < -0.39 is 12.6 Å². The van der Waals surface area contributed by atoms with Gasteiger partial charge in [-0.05, 0) is 6.42 Å². The molecule has 1 rings (SSSR count). The molecule has 0 fully saturated rings. The molecule has 0 aliphatic rings. The maximum atomic E-state index is 11.8. The van der Waals surface area contributed by atoms with Crippen molar-refractivity contribution in [1.29, 1.82) is 0 Å². The molecule has 0 saturated carbocycles. The summed E-state index contributed by atoms with van der Waals surface area (Å²) in [7, 11) is 0. The molecule has 1 heterocycles. The van der Waals surface area contributed by atoms with E-state index in [4.69, 9.17) is 11.6 Å². The first-order valence-electron chi connectivity index (χ1n) is 4.02. The second kappa shape index (κ2) is 4.63. The normalized spacial score (nSPS) is 12.0. The minimum absolute atomic E-state index is 0.0193. The second-order valence-corrected chi connectivity index (χ2v) is 3.06. The highest BCUT2D eigenvalue weighted by molar-refractivity contribution is 6.16. The van der Waals surface area contributed by atoms with Crippen LogP contribution in [0.1, 0.15) is 18.7 Å². The van der Waals surface area contributed by atoms with Gasteiger partial charge in [0.05, 0.1) is 5.88 Å². The van der Waals surface area contributed by atoms with Crippen LogP contribution in [0.3, 0.4) is 0 Å². The van der Waals surface area contributed by atoms with Gasteiger partial charge in [0.15, 0.2) is 0 Å². The first-order chi connectivity index (χ1) is 6.53. The molecule has 0 spiro atoms. The van der Waals surface area contributed by atoms with Gasteiger partial charge < -0.3 is 4.57 Å². The number of alkyl halides is 4. The Kier molecular flexibility index (Phi) is 3.74. The Balaban J connectivity index is 2.38. The molecule has 0 radical (unpaired) electrons. The van der Waals surface area contributed by atoms with E-state index in [1.807, 2.05) is 0 Å². The Morgan fingerprint density at radius 2 is 2.14 bits per heavy atom. The van der Waals surface area contributed by atoms with Crippen LogP contribution in [0.2, 0.25) is 0 Å². The molecule has 1 aromatic heterocycles. The number of nitrogens with zero attached hydrogens (tertiary/aromatic N) is 3. The summed E-state index contributed by atoms with van der Waals surface area (Å²) in [4.78, 5) is 0. The predicted octanol–water partition coefficient (Wildman–Crippen LogP) is 2.36. The van der Waals surface area contributed by atoms with Gasteiger partial charge >= 0.3 is 6.18 Å². The van der Waals surface area contributed by atoms with E-state index in [9.17, 15) is 13.2 Å². The van der Waals surface area contributed by atoms with Gasteiger partial charge in [0.1, 0.15) is 12.2 Å². The Bertz CT molecular complexity index is 284. The van der Waals surface area contributed by atoms with Crippen LogP contribution in [0, 0.1) is 0 Å². The highest BCUT2D eigenvalue weighted by atomic mass is 35.5. The third kappa shape index (κ3) is 3.53. The number of rotatable bonds is 4. The Hall–Kier alpha value is -0.780. The van der Waals surface area contributed by atoms with Crippen molar-refractivity contribution in [1.82, 2.24) is 14.8 Å². The third-order valence-electron chi connectivity index (χ3n) is 1.67. The third-order valence-corrected chi connectivity index (χ3v) is 1.91. The molecule has 0 atom stereocenters. The van der Waals surface area contributed by atoms with Crippen molar-refractivity contribution in [2.24, 2.45) is 0 Å². The van der Waals surface area contributed by atoms with Crippen molar-refractivity contribution in [3.63, 3.8) is 0 Å². The van der Waals surface area contributed by atoms with Crippen molar-refractivity contribution in [2.75, 3.05) is 0 Å². The summed E-state index contributed by atoms with van der Waals surface area (Å²) in [6.07, 6.45) is -3.50. The molecule has 0 aliphatic heterocycles. The average Bonchev–Trinajstić information content (AvgIpc) is 2.49. The second-order valence-electron chi connectivity index (χ2n) is 2.79. The maximum absolute atomic E-state index is 11.8. The average molecular weight is 228 g/mol. The zero-order valence-corrected chi connectivity index (χ0v) is 8.02. The zero-order chi connectivity index (χ0) is 10.6. The molecule has 0 N–H and O–H groups in total. The van der Waals surface area contributed by atoms with Crippen LogP contribution in [0.15, 0.2) is 6.33 Å². The topological polar surface area (TPSA) is 30.7 Å². The van der Waals surface area contributed by atoms with Crippen molar-refractivity contribution >= 4 is 11.6 Å². The number of hydrogen-bond acceptors (Lipinski definition) is 2. The largest absolute Gasteiger partial charge is 0.389 e. The number of halogens is 4. The smallest absolute Gasteiger partial charge is 0.317 e. The molecule has 7 heteroatoms. The first-order valence-corrected chi connectivity index (χ1v) is 4.56. The van der Waals surface area contributed by atoms with E-state index in [1.54, 1.807) is 0 Å². The molecular weight excluding hydrogens is 219 g/mol. The van der Waals surface area contributed by atoms with Crippen molar-refractivity contribution in [3.8, 4) is 0 Å². The summed E-state index contributed by atoms with van der Waals surface area (Å²) in [5.74, 6) is 0.653.